The van der Waals surface area contributed by atoms with E-state index in [9.17, 15) is 9.59 Å². The van der Waals surface area contributed by atoms with Crippen LogP contribution in [0.5, 0.6) is 0 Å². The molecule has 22 heavy (non-hydrogen) atoms. The van der Waals surface area contributed by atoms with Crippen LogP contribution in [0.3, 0.4) is 0 Å². The average molecular weight is 303 g/mol. The normalized spacial score (nSPS) is 11.7. The van der Waals surface area contributed by atoms with E-state index in [1.54, 1.807) is 48.3 Å². The molecule has 0 radical (unpaired) electrons. The number of ether oxygens (including phenoxy) is 2. The zero-order valence-corrected chi connectivity index (χ0v) is 12.6. The molecule has 6 nitrogen and oxygen atoms in total. The molecule has 0 unspecified atom stereocenters. The van der Waals surface area contributed by atoms with E-state index in [4.69, 9.17) is 9.47 Å². The van der Waals surface area contributed by atoms with Gasteiger partial charge in [0.15, 0.2) is 6.54 Å². The fourth-order valence-electron chi connectivity index (χ4n) is 2.01. The average Bonchev–Trinajstić information content (AvgIpc) is 2.91. The minimum absolute atomic E-state index is 0.0313. The Labute approximate surface area is 128 Å². The maximum absolute atomic E-state index is 12.1. The molecule has 2 aromatic rings. The molecular weight excluding hydrogens is 284 g/mol. The SMILES string of the molecule is CCOC(=O)[C@H](OC(=O)C[n+]1ccn(C)c1)c1ccccc1. The van der Waals surface area contributed by atoms with E-state index in [1.165, 1.54) is 0 Å². The van der Waals surface area contributed by atoms with Crippen LogP contribution in [0.15, 0.2) is 49.1 Å². The number of aryl methyl sites for hydroxylation is 1. The molecule has 0 aliphatic carbocycles. The first-order valence-electron chi connectivity index (χ1n) is 7.02. The van der Waals surface area contributed by atoms with Crippen molar-refractivity contribution in [2.75, 3.05) is 6.61 Å². The number of hydrogen-bond acceptors (Lipinski definition) is 4. The lowest BCUT2D eigenvalue weighted by Gasteiger charge is -2.16. The summed E-state index contributed by atoms with van der Waals surface area (Å²) in [4.78, 5) is 24.1. The zero-order chi connectivity index (χ0) is 15.9. The number of nitrogens with zero attached hydrogens (tertiary/aromatic N) is 2. The monoisotopic (exact) mass is 303 g/mol. The van der Waals surface area contributed by atoms with Crippen LogP contribution in [-0.4, -0.2) is 23.1 Å². The summed E-state index contributed by atoms with van der Waals surface area (Å²) in [6.07, 6.45) is 4.28. The summed E-state index contributed by atoms with van der Waals surface area (Å²) in [6.45, 7) is 1.97. The first kappa shape index (κ1) is 15.8. The lowest BCUT2D eigenvalue weighted by molar-refractivity contribution is -0.685. The van der Waals surface area contributed by atoms with E-state index in [-0.39, 0.29) is 13.2 Å². The highest BCUT2D eigenvalue weighted by molar-refractivity contribution is 5.80. The molecule has 0 saturated carbocycles. The Balaban J connectivity index is 2.09. The van der Waals surface area contributed by atoms with E-state index < -0.39 is 18.0 Å². The lowest BCUT2D eigenvalue weighted by Crippen LogP contribution is -2.37. The number of carbonyl (C=O) groups excluding carboxylic acids is 2. The topological polar surface area (TPSA) is 61.4 Å². The summed E-state index contributed by atoms with van der Waals surface area (Å²) >= 11 is 0. The van der Waals surface area contributed by atoms with Gasteiger partial charge in [0.25, 0.3) is 0 Å². The highest BCUT2D eigenvalue weighted by Gasteiger charge is 2.27. The van der Waals surface area contributed by atoms with Gasteiger partial charge in [-0.2, -0.15) is 0 Å². The van der Waals surface area contributed by atoms with Gasteiger partial charge in [0.05, 0.1) is 13.7 Å². The second kappa shape index (κ2) is 7.40. The quantitative estimate of drug-likeness (QED) is 0.593. The molecule has 0 bridgehead atoms. The van der Waals surface area contributed by atoms with E-state index in [0.29, 0.717) is 5.56 Å². The number of imidazole rings is 1. The van der Waals surface area contributed by atoms with Crippen molar-refractivity contribution in [3.63, 3.8) is 0 Å². The van der Waals surface area contributed by atoms with Gasteiger partial charge in [-0.25, -0.2) is 18.7 Å². The number of esters is 2. The molecule has 0 saturated heterocycles. The predicted octanol–water partition coefficient (Wildman–Crippen LogP) is 1.16. The van der Waals surface area contributed by atoms with Crippen molar-refractivity contribution in [2.24, 2.45) is 7.05 Å². The van der Waals surface area contributed by atoms with Crippen molar-refractivity contribution >= 4 is 11.9 Å². The zero-order valence-electron chi connectivity index (χ0n) is 12.6. The van der Waals surface area contributed by atoms with Crippen molar-refractivity contribution in [3.8, 4) is 0 Å². The van der Waals surface area contributed by atoms with Crippen molar-refractivity contribution in [3.05, 3.63) is 54.6 Å². The van der Waals surface area contributed by atoms with Gasteiger partial charge < -0.3 is 9.47 Å². The molecule has 0 aliphatic rings. The van der Waals surface area contributed by atoms with Gasteiger partial charge in [-0.3, -0.25) is 0 Å². The largest absolute Gasteiger partial charge is 0.463 e. The van der Waals surface area contributed by atoms with Gasteiger partial charge in [0.2, 0.25) is 12.4 Å². The molecule has 2 rings (SSSR count). The molecule has 0 spiro atoms. The molecular formula is C16H19N2O4+. The number of rotatable bonds is 6. The Morgan fingerprint density at radius 1 is 1.27 bits per heavy atom. The number of carbonyl (C=O) groups is 2. The fraction of sp³-hybridized carbons (Fsp3) is 0.312. The molecule has 6 heteroatoms. The molecule has 116 valence electrons. The number of benzene rings is 1. The van der Waals surface area contributed by atoms with Crippen molar-refractivity contribution in [1.29, 1.82) is 0 Å². The van der Waals surface area contributed by atoms with Crippen LogP contribution in [0, 0.1) is 0 Å². The van der Waals surface area contributed by atoms with Crippen LogP contribution in [-0.2, 0) is 32.7 Å². The summed E-state index contributed by atoms with van der Waals surface area (Å²) in [5.41, 5.74) is 0.590. The summed E-state index contributed by atoms with van der Waals surface area (Å²) in [6, 6.07) is 8.84. The first-order valence-corrected chi connectivity index (χ1v) is 7.02. The first-order chi connectivity index (χ1) is 10.6. The van der Waals surface area contributed by atoms with Gasteiger partial charge >= 0.3 is 11.9 Å². The smallest absolute Gasteiger partial charge is 0.352 e. The highest BCUT2D eigenvalue weighted by atomic mass is 16.6. The molecule has 1 heterocycles. The Hall–Kier alpha value is -2.63. The molecule has 0 N–H and O–H groups in total. The molecule has 0 amide bonds. The van der Waals surface area contributed by atoms with Crippen LogP contribution in [0.4, 0.5) is 0 Å². The van der Waals surface area contributed by atoms with Gasteiger partial charge in [-0.05, 0) is 6.92 Å². The summed E-state index contributed by atoms with van der Waals surface area (Å²) in [7, 11) is 1.85. The Morgan fingerprint density at radius 2 is 2.00 bits per heavy atom. The third-order valence-corrected chi connectivity index (χ3v) is 2.99. The highest BCUT2D eigenvalue weighted by Crippen LogP contribution is 2.19. The number of hydrogen-bond donors (Lipinski definition) is 0. The third-order valence-electron chi connectivity index (χ3n) is 2.99. The van der Waals surface area contributed by atoms with Crippen molar-refractivity contribution in [2.45, 2.75) is 19.6 Å². The Kier molecular flexibility index (Phi) is 5.30. The van der Waals surface area contributed by atoms with Gasteiger partial charge in [-0.15, -0.1) is 0 Å². The van der Waals surface area contributed by atoms with Gasteiger partial charge in [0, 0.05) is 5.56 Å². The molecule has 1 aromatic heterocycles. The minimum atomic E-state index is -1.04. The van der Waals surface area contributed by atoms with E-state index in [2.05, 4.69) is 0 Å². The Morgan fingerprint density at radius 3 is 2.59 bits per heavy atom. The van der Waals surface area contributed by atoms with E-state index in [0.717, 1.165) is 0 Å². The van der Waals surface area contributed by atoms with Crippen LogP contribution in [0.1, 0.15) is 18.6 Å². The van der Waals surface area contributed by atoms with E-state index >= 15 is 0 Å². The van der Waals surface area contributed by atoms with Crippen LogP contribution >= 0.6 is 0 Å². The summed E-state index contributed by atoms with van der Waals surface area (Å²) in [5, 5.41) is 0. The minimum Gasteiger partial charge on any atom is -0.463 e. The summed E-state index contributed by atoms with van der Waals surface area (Å²) < 4.78 is 13.8. The molecule has 1 aromatic carbocycles. The summed E-state index contributed by atoms with van der Waals surface area (Å²) in [5.74, 6) is -1.07. The number of aromatic nitrogens is 2. The van der Waals surface area contributed by atoms with Crippen molar-refractivity contribution in [1.82, 2.24) is 4.57 Å². The maximum atomic E-state index is 12.1. The second-order valence-corrected chi connectivity index (χ2v) is 4.78. The lowest BCUT2D eigenvalue weighted by atomic mass is 10.1. The van der Waals surface area contributed by atoms with E-state index in [1.807, 2.05) is 23.9 Å². The fourth-order valence-corrected chi connectivity index (χ4v) is 2.01. The van der Waals surface area contributed by atoms with Gasteiger partial charge in [0.1, 0.15) is 12.4 Å². The molecule has 0 aliphatic heterocycles. The third kappa shape index (κ3) is 4.18. The van der Waals surface area contributed by atoms with Crippen LogP contribution in [0.25, 0.3) is 0 Å². The standard InChI is InChI=1S/C16H19N2O4/c1-3-21-16(20)15(13-7-5-4-6-8-13)22-14(19)11-18-10-9-17(2)12-18/h4-10,12,15H,3,11H2,1-2H3/q+1/t15-/m1/s1. The predicted molar refractivity (Wildman–Crippen MR) is 77.5 cm³/mol. The second-order valence-electron chi connectivity index (χ2n) is 4.78. The molecule has 0 fully saturated rings. The maximum Gasteiger partial charge on any atom is 0.352 e. The van der Waals surface area contributed by atoms with Crippen LogP contribution < -0.4 is 4.57 Å². The Bertz CT molecular complexity index is 637. The van der Waals surface area contributed by atoms with Crippen molar-refractivity contribution < 1.29 is 23.6 Å². The molecule has 1 atom stereocenters. The van der Waals surface area contributed by atoms with Crippen LogP contribution in [0.2, 0.25) is 0 Å². The van der Waals surface area contributed by atoms with Gasteiger partial charge in [-0.1, -0.05) is 30.3 Å².